The van der Waals surface area contributed by atoms with E-state index in [0.717, 1.165) is 5.57 Å². The smallest absolute Gasteiger partial charge is 0.255 e. The molecule has 1 fully saturated rings. The van der Waals surface area contributed by atoms with Gasteiger partial charge in [-0.1, -0.05) is 29.8 Å². The summed E-state index contributed by atoms with van der Waals surface area (Å²) in [7, 11) is 0. The van der Waals surface area contributed by atoms with Gasteiger partial charge in [0.25, 0.3) is 11.8 Å². The molecule has 4 amide bonds. The van der Waals surface area contributed by atoms with Gasteiger partial charge in [-0.15, -0.1) is 0 Å². The highest BCUT2D eigenvalue weighted by Gasteiger charge is 2.48. The normalized spacial score (nSPS) is 18.9. The summed E-state index contributed by atoms with van der Waals surface area (Å²) in [5, 5.41) is 5.63. The number of hydrogen-bond acceptors (Lipinski definition) is 4. The molecule has 36 heavy (non-hydrogen) atoms. The van der Waals surface area contributed by atoms with Crippen LogP contribution in [0.4, 0.5) is 17.1 Å². The van der Waals surface area contributed by atoms with Gasteiger partial charge in [0.1, 0.15) is 0 Å². The van der Waals surface area contributed by atoms with Gasteiger partial charge in [-0.25, -0.2) is 0 Å². The second-order valence-corrected chi connectivity index (χ2v) is 9.11. The third-order valence-electron chi connectivity index (χ3n) is 6.65. The van der Waals surface area contributed by atoms with Gasteiger partial charge in [0.2, 0.25) is 11.8 Å². The molecule has 1 aliphatic heterocycles. The van der Waals surface area contributed by atoms with E-state index in [0.29, 0.717) is 41.0 Å². The molecule has 3 aromatic rings. The maximum atomic E-state index is 12.9. The van der Waals surface area contributed by atoms with Crippen LogP contribution < -0.4 is 15.5 Å². The Balaban J connectivity index is 1.22. The molecule has 0 spiro atoms. The maximum Gasteiger partial charge on any atom is 0.255 e. The summed E-state index contributed by atoms with van der Waals surface area (Å²) in [5.74, 6) is -1.49. The molecular weight excluding hydrogens is 454 g/mol. The lowest BCUT2D eigenvalue weighted by Gasteiger charge is -2.18. The van der Waals surface area contributed by atoms with Crippen LogP contribution >= 0.6 is 0 Å². The molecular formula is C29H25N3O4. The number of fused-ring (bicyclic) bond motifs is 1. The molecule has 0 radical (unpaired) electrons. The fourth-order valence-corrected chi connectivity index (χ4v) is 4.69. The van der Waals surface area contributed by atoms with Crippen molar-refractivity contribution in [3.63, 3.8) is 0 Å². The Hall–Kier alpha value is -4.52. The number of hydrogen-bond donors (Lipinski definition) is 2. The summed E-state index contributed by atoms with van der Waals surface area (Å²) in [5.41, 5.74) is 3.75. The zero-order chi connectivity index (χ0) is 25.2. The Kier molecular flexibility index (Phi) is 6.21. The first-order valence-electron chi connectivity index (χ1n) is 11.8. The third kappa shape index (κ3) is 4.55. The van der Waals surface area contributed by atoms with E-state index in [2.05, 4.69) is 10.6 Å². The lowest BCUT2D eigenvalue weighted by Crippen LogP contribution is -2.30. The summed E-state index contributed by atoms with van der Waals surface area (Å²) < 4.78 is 0. The zero-order valence-electron chi connectivity index (χ0n) is 19.7. The summed E-state index contributed by atoms with van der Waals surface area (Å²) in [4.78, 5) is 52.0. The van der Waals surface area contributed by atoms with Crippen LogP contribution in [-0.4, -0.2) is 23.6 Å². The van der Waals surface area contributed by atoms with E-state index in [1.54, 1.807) is 72.8 Å². The van der Waals surface area contributed by atoms with Crippen LogP contribution in [0.1, 0.15) is 40.5 Å². The molecule has 5 rings (SSSR count). The number of allylic oxidation sites excluding steroid dienone is 2. The molecule has 3 aromatic carbocycles. The van der Waals surface area contributed by atoms with Gasteiger partial charge < -0.3 is 10.6 Å². The number of amides is 4. The minimum Gasteiger partial charge on any atom is -0.322 e. The second-order valence-electron chi connectivity index (χ2n) is 9.11. The largest absolute Gasteiger partial charge is 0.322 e. The van der Waals surface area contributed by atoms with E-state index in [9.17, 15) is 19.2 Å². The lowest BCUT2D eigenvalue weighted by molar-refractivity contribution is -0.122. The van der Waals surface area contributed by atoms with Gasteiger partial charge in [0, 0.05) is 22.5 Å². The Morgan fingerprint density at radius 2 is 1.25 bits per heavy atom. The highest BCUT2D eigenvalue weighted by molar-refractivity contribution is 6.22. The van der Waals surface area contributed by atoms with Crippen molar-refractivity contribution < 1.29 is 19.2 Å². The summed E-state index contributed by atoms with van der Waals surface area (Å²) >= 11 is 0. The van der Waals surface area contributed by atoms with E-state index in [-0.39, 0.29) is 35.5 Å². The fourth-order valence-electron chi connectivity index (χ4n) is 4.69. The number of rotatable bonds is 5. The highest BCUT2D eigenvalue weighted by Crippen LogP contribution is 2.39. The number of carbonyl (C=O) groups is 4. The van der Waals surface area contributed by atoms with Crippen LogP contribution in [-0.2, 0) is 9.59 Å². The molecule has 7 heteroatoms. The Bertz CT molecular complexity index is 1360. The predicted molar refractivity (Wildman–Crippen MR) is 138 cm³/mol. The molecule has 1 aliphatic carbocycles. The van der Waals surface area contributed by atoms with Crippen molar-refractivity contribution in [2.24, 2.45) is 11.8 Å². The van der Waals surface area contributed by atoms with Crippen molar-refractivity contribution >= 4 is 40.7 Å². The number of nitrogens with zero attached hydrogens (tertiary/aromatic N) is 1. The van der Waals surface area contributed by atoms with Crippen molar-refractivity contribution in [1.29, 1.82) is 0 Å². The van der Waals surface area contributed by atoms with Crippen LogP contribution in [0.25, 0.3) is 0 Å². The van der Waals surface area contributed by atoms with Crippen LogP contribution in [0.3, 0.4) is 0 Å². The SMILES string of the molecule is CC1=CC[C@H]2C(=O)N(c3ccc(C(=O)Nc4ccc(NC(=O)c5ccccc5)cc4)cc3)C(=O)[C@H]2C1. The molecule has 1 heterocycles. The van der Waals surface area contributed by atoms with Gasteiger partial charge in [-0.05, 0) is 80.4 Å². The van der Waals surface area contributed by atoms with E-state index < -0.39 is 0 Å². The van der Waals surface area contributed by atoms with Crippen LogP contribution in [0.5, 0.6) is 0 Å². The highest BCUT2D eigenvalue weighted by atomic mass is 16.2. The van der Waals surface area contributed by atoms with Crippen molar-refractivity contribution in [2.75, 3.05) is 15.5 Å². The molecule has 0 unspecified atom stereocenters. The molecule has 2 aliphatic rings. The van der Waals surface area contributed by atoms with E-state index >= 15 is 0 Å². The number of carbonyl (C=O) groups excluding carboxylic acids is 4. The van der Waals surface area contributed by atoms with Gasteiger partial charge in [-0.2, -0.15) is 0 Å². The monoisotopic (exact) mass is 479 g/mol. The third-order valence-corrected chi connectivity index (χ3v) is 6.65. The molecule has 180 valence electrons. The van der Waals surface area contributed by atoms with Gasteiger partial charge >= 0.3 is 0 Å². The summed E-state index contributed by atoms with van der Waals surface area (Å²) in [6.45, 7) is 1.98. The van der Waals surface area contributed by atoms with E-state index in [1.165, 1.54) is 4.90 Å². The molecule has 0 bridgehead atoms. The Labute approximate surface area is 208 Å². The number of benzene rings is 3. The van der Waals surface area contributed by atoms with Gasteiger partial charge in [-0.3, -0.25) is 24.1 Å². The van der Waals surface area contributed by atoms with Gasteiger partial charge in [0.15, 0.2) is 0 Å². The van der Waals surface area contributed by atoms with Crippen LogP contribution in [0.2, 0.25) is 0 Å². The second kappa shape index (κ2) is 9.62. The minimum absolute atomic E-state index is 0.172. The summed E-state index contributed by atoms with van der Waals surface area (Å²) in [6.07, 6.45) is 3.24. The predicted octanol–water partition coefficient (Wildman–Crippen LogP) is 5.04. The van der Waals surface area contributed by atoms with Gasteiger partial charge in [0.05, 0.1) is 17.5 Å². The lowest BCUT2D eigenvalue weighted by atomic mass is 9.82. The number of anilines is 3. The molecule has 2 N–H and O–H groups in total. The maximum absolute atomic E-state index is 12.9. The van der Waals surface area contributed by atoms with E-state index in [4.69, 9.17) is 0 Å². The molecule has 1 saturated heterocycles. The van der Waals surface area contributed by atoms with Crippen molar-refractivity contribution in [2.45, 2.75) is 19.8 Å². The van der Waals surface area contributed by atoms with Crippen molar-refractivity contribution in [1.82, 2.24) is 0 Å². The molecule has 7 nitrogen and oxygen atoms in total. The van der Waals surface area contributed by atoms with Crippen LogP contribution in [0, 0.1) is 11.8 Å². The van der Waals surface area contributed by atoms with E-state index in [1.807, 2.05) is 19.1 Å². The molecule has 2 atom stereocenters. The average molecular weight is 480 g/mol. The van der Waals surface area contributed by atoms with Crippen molar-refractivity contribution in [3.8, 4) is 0 Å². The first kappa shape index (κ1) is 23.2. The number of nitrogens with one attached hydrogen (secondary N) is 2. The minimum atomic E-state index is -0.324. The number of imide groups is 1. The van der Waals surface area contributed by atoms with Crippen LogP contribution in [0.15, 0.2) is 90.5 Å². The standard InChI is InChI=1S/C29H25N3O4/c1-18-7-16-24-25(17-18)29(36)32(28(24)35)23-14-8-20(9-15-23)27(34)31-22-12-10-21(11-13-22)30-26(33)19-5-3-2-4-6-19/h2-15,24-25H,16-17H2,1H3,(H,30,33)(H,31,34)/t24-,25+/m1/s1. The Morgan fingerprint density at radius 1 is 0.722 bits per heavy atom. The quantitative estimate of drug-likeness (QED) is 0.396. The average Bonchev–Trinajstić information content (AvgIpc) is 3.14. The molecule has 0 saturated carbocycles. The topological polar surface area (TPSA) is 95.6 Å². The fraction of sp³-hybridized carbons (Fsp3) is 0.172. The Morgan fingerprint density at radius 3 is 1.83 bits per heavy atom. The van der Waals surface area contributed by atoms with Crippen molar-refractivity contribution in [3.05, 3.63) is 102 Å². The zero-order valence-corrected chi connectivity index (χ0v) is 19.7. The molecule has 0 aromatic heterocycles. The summed E-state index contributed by atoms with van der Waals surface area (Å²) in [6, 6.07) is 22.2. The first-order valence-corrected chi connectivity index (χ1v) is 11.8. The first-order chi connectivity index (χ1) is 17.4.